The minimum Gasteiger partial charge on any atom is -0.478 e. The first-order chi connectivity index (χ1) is 10.4. The van der Waals surface area contributed by atoms with Crippen molar-refractivity contribution in [3.63, 3.8) is 0 Å². The Morgan fingerprint density at radius 3 is 2.55 bits per heavy atom. The number of furan rings is 1. The van der Waals surface area contributed by atoms with E-state index in [1.54, 1.807) is 12.1 Å². The average molecular weight is 308 g/mol. The minimum atomic E-state index is -4.46. The second-order valence-corrected chi connectivity index (χ2v) is 4.33. The Morgan fingerprint density at radius 2 is 1.95 bits per heavy atom. The molecule has 0 fully saturated rings. The zero-order valence-corrected chi connectivity index (χ0v) is 11.2. The highest BCUT2D eigenvalue weighted by molar-refractivity contribution is 5.83. The normalized spacial score (nSPS) is 12.8. The third-order valence-corrected chi connectivity index (χ3v) is 2.79. The summed E-state index contributed by atoms with van der Waals surface area (Å²) in [7, 11) is 0. The molecule has 1 aromatic carbocycles. The Hall–Kier alpha value is -2.76. The van der Waals surface area contributed by atoms with E-state index < -0.39 is 17.7 Å². The van der Waals surface area contributed by atoms with Gasteiger partial charge in [-0.05, 0) is 29.8 Å². The molecule has 1 aromatic heterocycles. The van der Waals surface area contributed by atoms with Crippen molar-refractivity contribution >= 4 is 11.5 Å². The molecule has 0 saturated heterocycles. The van der Waals surface area contributed by atoms with Gasteiger partial charge in [-0.25, -0.2) is 4.79 Å². The second-order valence-electron chi connectivity index (χ2n) is 4.33. The quantitative estimate of drug-likeness (QED) is 0.674. The lowest BCUT2D eigenvalue weighted by atomic mass is 10.0. The van der Waals surface area contributed by atoms with Crippen LogP contribution in [0.4, 0.5) is 13.2 Å². The number of benzene rings is 1. The first kappa shape index (κ1) is 15.6. The van der Waals surface area contributed by atoms with E-state index in [0.717, 1.165) is 18.2 Å². The van der Waals surface area contributed by atoms with Gasteiger partial charge in [0.2, 0.25) is 0 Å². The lowest BCUT2D eigenvalue weighted by Gasteiger charge is -2.10. The van der Waals surface area contributed by atoms with E-state index in [2.05, 4.69) is 0 Å². The van der Waals surface area contributed by atoms with Crippen LogP contribution in [0.3, 0.4) is 0 Å². The van der Waals surface area contributed by atoms with Crippen molar-refractivity contribution < 1.29 is 27.5 Å². The van der Waals surface area contributed by atoms with E-state index in [9.17, 15) is 18.0 Å². The minimum absolute atomic E-state index is 0.278. The van der Waals surface area contributed by atoms with Crippen molar-refractivity contribution in [2.75, 3.05) is 0 Å². The van der Waals surface area contributed by atoms with Gasteiger partial charge in [0.15, 0.2) is 0 Å². The number of aliphatic carboxylic acids is 1. The van der Waals surface area contributed by atoms with Crippen LogP contribution in [0.2, 0.25) is 0 Å². The molecule has 1 heterocycles. The van der Waals surface area contributed by atoms with Gasteiger partial charge >= 0.3 is 12.1 Å². The van der Waals surface area contributed by atoms with Crippen molar-refractivity contribution in [2.45, 2.75) is 6.18 Å². The Bertz CT molecular complexity index is 710. The molecule has 0 aliphatic rings. The van der Waals surface area contributed by atoms with Gasteiger partial charge in [-0.3, -0.25) is 0 Å². The molecule has 0 atom stereocenters. The molecule has 0 amide bonds. The van der Waals surface area contributed by atoms with Gasteiger partial charge in [0, 0.05) is 11.6 Å². The van der Waals surface area contributed by atoms with Crippen LogP contribution in [0.15, 0.2) is 65.3 Å². The number of carbonyl (C=O) groups is 1. The van der Waals surface area contributed by atoms with Crippen LogP contribution in [-0.2, 0) is 11.0 Å². The highest BCUT2D eigenvalue weighted by Crippen LogP contribution is 2.32. The summed E-state index contributed by atoms with van der Waals surface area (Å²) >= 11 is 0. The third kappa shape index (κ3) is 3.88. The molecule has 0 spiro atoms. The van der Waals surface area contributed by atoms with Crippen molar-refractivity contribution in [1.29, 1.82) is 0 Å². The molecule has 1 N–H and O–H groups in total. The van der Waals surface area contributed by atoms with E-state index in [1.165, 1.54) is 30.5 Å². The molecule has 114 valence electrons. The summed E-state index contributed by atoms with van der Waals surface area (Å²) in [4.78, 5) is 10.5. The number of carboxylic acid groups (broad SMARTS) is 1. The topological polar surface area (TPSA) is 50.4 Å². The Labute approximate surface area is 124 Å². The van der Waals surface area contributed by atoms with Crippen LogP contribution in [0.25, 0.3) is 5.57 Å². The first-order valence-corrected chi connectivity index (χ1v) is 6.21. The van der Waals surface area contributed by atoms with Gasteiger partial charge in [0.25, 0.3) is 0 Å². The number of hydrogen-bond donors (Lipinski definition) is 1. The molecular formula is C16H11F3O3. The fourth-order valence-corrected chi connectivity index (χ4v) is 1.84. The van der Waals surface area contributed by atoms with Crippen LogP contribution in [-0.4, -0.2) is 11.1 Å². The Morgan fingerprint density at radius 1 is 1.18 bits per heavy atom. The lowest BCUT2D eigenvalue weighted by Crippen LogP contribution is -2.05. The number of carboxylic acids is 1. The molecule has 2 rings (SSSR count). The van der Waals surface area contributed by atoms with Crippen molar-refractivity contribution in [3.05, 3.63) is 77.8 Å². The van der Waals surface area contributed by atoms with E-state index in [0.29, 0.717) is 11.3 Å². The number of alkyl halides is 3. The van der Waals surface area contributed by atoms with Crippen molar-refractivity contribution in [2.24, 2.45) is 0 Å². The van der Waals surface area contributed by atoms with Crippen molar-refractivity contribution in [1.82, 2.24) is 0 Å². The van der Waals surface area contributed by atoms with Crippen LogP contribution in [0.5, 0.6) is 0 Å². The van der Waals surface area contributed by atoms with Gasteiger partial charge in [-0.1, -0.05) is 24.3 Å². The lowest BCUT2D eigenvalue weighted by molar-refractivity contribution is -0.137. The second kappa shape index (κ2) is 6.34. The Kier molecular flexibility index (Phi) is 4.50. The SMILES string of the molecule is O=C(O)C=CC=C(c1cccc(C(F)(F)F)c1)c1ccco1. The van der Waals surface area contributed by atoms with Crippen LogP contribution < -0.4 is 0 Å². The van der Waals surface area contributed by atoms with Crippen LogP contribution >= 0.6 is 0 Å². The number of hydrogen-bond acceptors (Lipinski definition) is 2. The van der Waals surface area contributed by atoms with Crippen LogP contribution in [0.1, 0.15) is 16.9 Å². The average Bonchev–Trinajstić information content (AvgIpc) is 2.96. The van der Waals surface area contributed by atoms with Crippen LogP contribution in [0, 0.1) is 0 Å². The molecule has 0 saturated carbocycles. The maximum absolute atomic E-state index is 12.8. The van der Waals surface area contributed by atoms with E-state index in [4.69, 9.17) is 9.52 Å². The molecule has 22 heavy (non-hydrogen) atoms. The summed E-state index contributed by atoms with van der Waals surface area (Å²) < 4.78 is 43.6. The highest BCUT2D eigenvalue weighted by Gasteiger charge is 2.30. The zero-order chi connectivity index (χ0) is 16.2. The fraction of sp³-hybridized carbons (Fsp3) is 0.0625. The molecule has 6 heteroatoms. The largest absolute Gasteiger partial charge is 0.478 e. The first-order valence-electron chi connectivity index (χ1n) is 6.21. The maximum atomic E-state index is 12.8. The monoisotopic (exact) mass is 308 g/mol. The Balaban J connectivity index is 2.48. The number of rotatable bonds is 4. The van der Waals surface area contributed by atoms with Gasteiger partial charge in [0.05, 0.1) is 11.8 Å². The summed E-state index contributed by atoms with van der Waals surface area (Å²) in [6.45, 7) is 0. The van der Waals surface area contributed by atoms with Gasteiger partial charge in [-0.2, -0.15) is 13.2 Å². The van der Waals surface area contributed by atoms with Gasteiger partial charge < -0.3 is 9.52 Å². The smallest absolute Gasteiger partial charge is 0.416 e. The summed E-state index contributed by atoms with van der Waals surface area (Å²) in [5.41, 5.74) is -0.155. The molecule has 0 bridgehead atoms. The molecule has 0 aliphatic carbocycles. The molecule has 3 nitrogen and oxygen atoms in total. The number of allylic oxidation sites excluding steroid dienone is 2. The maximum Gasteiger partial charge on any atom is 0.416 e. The van der Waals surface area contributed by atoms with Gasteiger partial charge in [0.1, 0.15) is 5.76 Å². The van der Waals surface area contributed by atoms with Gasteiger partial charge in [-0.15, -0.1) is 0 Å². The number of halogens is 3. The highest BCUT2D eigenvalue weighted by atomic mass is 19.4. The zero-order valence-electron chi connectivity index (χ0n) is 11.2. The summed E-state index contributed by atoms with van der Waals surface area (Å²) in [5.74, 6) is -0.812. The van der Waals surface area contributed by atoms with E-state index in [-0.39, 0.29) is 5.56 Å². The van der Waals surface area contributed by atoms with E-state index in [1.807, 2.05) is 0 Å². The molecule has 0 aliphatic heterocycles. The molecule has 2 aromatic rings. The van der Waals surface area contributed by atoms with E-state index >= 15 is 0 Å². The predicted octanol–water partition coefficient (Wildman–Crippen LogP) is 4.37. The predicted molar refractivity (Wildman–Crippen MR) is 74.0 cm³/mol. The molecule has 0 radical (unpaired) electrons. The standard InChI is InChI=1S/C16H11F3O3/c17-16(18,19)12-5-1-4-11(10-12)13(6-2-8-15(20)21)14-7-3-9-22-14/h1-10H,(H,20,21). The fourth-order valence-electron chi connectivity index (χ4n) is 1.84. The summed E-state index contributed by atoms with van der Waals surface area (Å²) in [6, 6.07) is 7.92. The summed E-state index contributed by atoms with van der Waals surface area (Å²) in [6.07, 6.45) is 0.443. The third-order valence-electron chi connectivity index (χ3n) is 2.79. The summed E-state index contributed by atoms with van der Waals surface area (Å²) in [5, 5.41) is 8.59. The molecular weight excluding hydrogens is 297 g/mol. The van der Waals surface area contributed by atoms with Crippen molar-refractivity contribution in [3.8, 4) is 0 Å². The molecule has 0 unspecified atom stereocenters.